The van der Waals surface area contributed by atoms with Crippen molar-refractivity contribution in [3.63, 3.8) is 0 Å². The lowest BCUT2D eigenvalue weighted by Gasteiger charge is -2.15. The van der Waals surface area contributed by atoms with Gasteiger partial charge < -0.3 is 15.2 Å². The molecule has 188 valence electrons. The summed E-state index contributed by atoms with van der Waals surface area (Å²) in [6, 6.07) is 17.9. The molecule has 1 unspecified atom stereocenters. The SMILES string of the molecule is COc1ccc(C(O)c2ccc(F)c(NC(=O)c3cc(C(F)(F)F)nn3-c3cccc(C#N)c3)c2)cc1. The van der Waals surface area contributed by atoms with Gasteiger partial charge in [0.05, 0.1) is 30.1 Å². The molecule has 0 saturated heterocycles. The number of carbonyl (C=O) groups excluding carboxylic acids is 1. The van der Waals surface area contributed by atoms with Gasteiger partial charge in [-0.15, -0.1) is 0 Å². The molecule has 0 radical (unpaired) electrons. The Kier molecular flexibility index (Phi) is 6.95. The summed E-state index contributed by atoms with van der Waals surface area (Å²) < 4.78 is 60.6. The van der Waals surface area contributed by atoms with Gasteiger partial charge in [0, 0.05) is 6.07 Å². The zero-order chi connectivity index (χ0) is 26.7. The Hall–Kier alpha value is -4.69. The van der Waals surface area contributed by atoms with Crippen LogP contribution in [0.15, 0.2) is 72.8 Å². The minimum Gasteiger partial charge on any atom is -0.497 e. The fourth-order valence-electron chi connectivity index (χ4n) is 3.56. The molecule has 0 saturated carbocycles. The number of alkyl halides is 3. The summed E-state index contributed by atoms with van der Waals surface area (Å²) in [6.07, 6.45) is -6.04. The first-order chi connectivity index (χ1) is 17.6. The summed E-state index contributed by atoms with van der Waals surface area (Å²) in [5.41, 5.74) is -1.37. The summed E-state index contributed by atoms with van der Waals surface area (Å²) in [7, 11) is 1.49. The van der Waals surface area contributed by atoms with Gasteiger partial charge in [-0.2, -0.15) is 23.5 Å². The first-order valence-corrected chi connectivity index (χ1v) is 10.7. The van der Waals surface area contributed by atoms with E-state index in [9.17, 15) is 27.5 Å². The molecule has 11 heteroatoms. The van der Waals surface area contributed by atoms with Crippen molar-refractivity contribution < 1.29 is 32.2 Å². The number of nitrogens with one attached hydrogen (secondary N) is 1. The molecule has 1 atom stereocenters. The van der Waals surface area contributed by atoms with Crippen molar-refractivity contribution >= 4 is 11.6 Å². The van der Waals surface area contributed by atoms with Crippen LogP contribution in [0.3, 0.4) is 0 Å². The molecule has 0 aliphatic carbocycles. The number of hydrogen-bond donors (Lipinski definition) is 2. The van der Waals surface area contributed by atoms with Crippen LogP contribution in [-0.4, -0.2) is 27.9 Å². The van der Waals surface area contributed by atoms with Gasteiger partial charge in [-0.1, -0.05) is 24.3 Å². The number of carbonyl (C=O) groups is 1. The third kappa shape index (κ3) is 5.44. The molecule has 4 rings (SSSR count). The normalized spacial score (nSPS) is 12.0. The first kappa shape index (κ1) is 25.4. The number of aliphatic hydroxyl groups is 1. The van der Waals surface area contributed by atoms with Crippen LogP contribution >= 0.6 is 0 Å². The Labute approximate surface area is 208 Å². The molecule has 37 heavy (non-hydrogen) atoms. The van der Waals surface area contributed by atoms with Gasteiger partial charge in [-0.25, -0.2) is 9.07 Å². The number of halogens is 4. The third-order valence-electron chi connectivity index (χ3n) is 5.44. The molecular formula is C26H18F4N4O3. The Morgan fingerprint density at radius 3 is 2.43 bits per heavy atom. The van der Waals surface area contributed by atoms with E-state index in [1.54, 1.807) is 24.3 Å². The van der Waals surface area contributed by atoms with Crippen molar-refractivity contribution in [1.29, 1.82) is 5.26 Å². The van der Waals surface area contributed by atoms with Crippen LogP contribution in [0, 0.1) is 17.1 Å². The van der Waals surface area contributed by atoms with Crippen LogP contribution in [0.2, 0.25) is 0 Å². The number of methoxy groups -OCH3 is 1. The molecule has 4 aromatic rings. The van der Waals surface area contributed by atoms with Crippen molar-refractivity contribution in [2.75, 3.05) is 12.4 Å². The van der Waals surface area contributed by atoms with Crippen molar-refractivity contribution in [1.82, 2.24) is 9.78 Å². The number of nitrogens with zero attached hydrogens (tertiary/aromatic N) is 3. The highest BCUT2D eigenvalue weighted by atomic mass is 19.4. The highest BCUT2D eigenvalue weighted by Crippen LogP contribution is 2.31. The highest BCUT2D eigenvalue weighted by Gasteiger charge is 2.36. The molecule has 1 heterocycles. The van der Waals surface area contributed by atoms with Crippen LogP contribution in [-0.2, 0) is 6.18 Å². The second kappa shape index (κ2) is 10.1. The first-order valence-electron chi connectivity index (χ1n) is 10.7. The second-order valence-electron chi connectivity index (χ2n) is 7.86. The number of nitriles is 1. The number of benzene rings is 3. The maximum Gasteiger partial charge on any atom is 0.435 e. The smallest absolute Gasteiger partial charge is 0.435 e. The maximum absolute atomic E-state index is 14.6. The van der Waals surface area contributed by atoms with E-state index in [1.165, 1.54) is 43.5 Å². The van der Waals surface area contributed by atoms with Gasteiger partial charge in [-0.05, 0) is 53.6 Å². The third-order valence-corrected chi connectivity index (χ3v) is 5.44. The monoisotopic (exact) mass is 510 g/mol. The van der Waals surface area contributed by atoms with Crippen molar-refractivity contribution in [3.8, 4) is 17.5 Å². The topological polar surface area (TPSA) is 100 Å². The standard InChI is InChI=1S/C26H18F4N4O3/c1-37-19-8-5-16(6-9-19)24(35)17-7-10-20(27)21(12-17)32-25(36)22-13-23(26(28,29)30)33-34(22)18-4-2-3-15(11-18)14-31/h2-13,24,35H,1H3,(H,32,36). The van der Waals surface area contributed by atoms with Crippen LogP contribution in [0.5, 0.6) is 5.75 Å². The molecule has 7 nitrogen and oxygen atoms in total. The molecule has 0 aliphatic heterocycles. The molecule has 0 spiro atoms. The van der Waals surface area contributed by atoms with Crippen molar-refractivity contribution in [3.05, 3.63) is 107 Å². The van der Waals surface area contributed by atoms with E-state index < -0.39 is 35.4 Å². The fraction of sp³-hybridized carbons (Fsp3) is 0.115. The van der Waals surface area contributed by atoms with E-state index in [0.717, 1.165) is 10.7 Å². The minimum absolute atomic E-state index is 0.0313. The van der Waals surface area contributed by atoms with Gasteiger partial charge in [0.25, 0.3) is 5.91 Å². The zero-order valence-electron chi connectivity index (χ0n) is 19.1. The maximum atomic E-state index is 14.6. The van der Waals surface area contributed by atoms with E-state index in [1.807, 2.05) is 6.07 Å². The van der Waals surface area contributed by atoms with Gasteiger partial charge >= 0.3 is 6.18 Å². The van der Waals surface area contributed by atoms with Crippen LogP contribution in [0.1, 0.15) is 39.0 Å². The number of hydrogen-bond acceptors (Lipinski definition) is 5. The summed E-state index contributed by atoms with van der Waals surface area (Å²) in [5.74, 6) is -1.38. The fourth-order valence-corrected chi connectivity index (χ4v) is 3.56. The molecule has 3 aromatic carbocycles. The van der Waals surface area contributed by atoms with E-state index in [2.05, 4.69) is 10.4 Å². The lowest BCUT2D eigenvalue weighted by atomic mass is 10.0. The number of aliphatic hydroxyl groups excluding tert-OH is 1. The molecule has 1 amide bonds. The predicted molar refractivity (Wildman–Crippen MR) is 125 cm³/mol. The lowest BCUT2D eigenvalue weighted by molar-refractivity contribution is -0.141. The van der Waals surface area contributed by atoms with Crippen LogP contribution in [0.4, 0.5) is 23.2 Å². The van der Waals surface area contributed by atoms with Gasteiger partial charge in [0.1, 0.15) is 23.4 Å². The summed E-state index contributed by atoms with van der Waals surface area (Å²) in [5, 5.41) is 25.6. The molecule has 2 N–H and O–H groups in total. The van der Waals surface area contributed by atoms with Crippen molar-refractivity contribution in [2.24, 2.45) is 0 Å². The Morgan fingerprint density at radius 2 is 1.78 bits per heavy atom. The van der Waals surface area contributed by atoms with Gasteiger partial charge in [0.15, 0.2) is 5.69 Å². The lowest BCUT2D eigenvalue weighted by Crippen LogP contribution is -2.18. The number of aromatic nitrogens is 2. The Balaban J connectivity index is 1.68. The largest absolute Gasteiger partial charge is 0.497 e. The van der Waals surface area contributed by atoms with E-state index in [0.29, 0.717) is 17.4 Å². The number of amides is 1. The summed E-state index contributed by atoms with van der Waals surface area (Å²) >= 11 is 0. The average molecular weight is 510 g/mol. The van der Waals surface area contributed by atoms with Gasteiger partial charge in [-0.3, -0.25) is 4.79 Å². The predicted octanol–water partition coefficient (Wildman–Crippen LogP) is 5.24. The van der Waals surface area contributed by atoms with E-state index >= 15 is 0 Å². The molecule has 0 aliphatic rings. The summed E-state index contributed by atoms with van der Waals surface area (Å²) in [6.45, 7) is 0. The molecule has 0 bridgehead atoms. The number of rotatable bonds is 6. The quantitative estimate of drug-likeness (QED) is 0.346. The van der Waals surface area contributed by atoms with Crippen molar-refractivity contribution in [2.45, 2.75) is 12.3 Å². The van der Waals surface area contributed by atoms with E-state index in [-0.39, 0.29) is 22.5 Å². The number of ether oxygens (including phenoxy) is 1. The second-order valence-corrected chi connectivity index (χ2v) is 7.86. The van der Waals surface area contributed by atoms with Crippen LogP contribution in [0.25, 0.3) is 5.69 Å². The molecular weight excluding hydrogens is 492 g/mol. The molecule has 1 aromatic heterocycles. The Bertz CT molecular complexity index is 1490. The van der Waals surface area contributed by atoms with Gasteiger partial charge in [0.2, 0.25) is 0 Å². The minimum atomic E-state index is -4.86. The molecule has 0 fully saturated rings. The number of anilines is 1. The highest BCUT2D eigenvalue weighted by molar-refractivity contribution is 6.03. The Morgan fingerprint density at radius 1 is 1.08 bits per heavy atom. The van der Waals surface area contributed by atoms with E-state index in [4.69, 9.17) is 10.00 Å². The average Bonchev–Trinajstić information content (AvgIpc) is 3.36. The summed E-state index contributed by atoms with van der Waals surface area (Å²) in [4.78, 5) is 13.0. The van der Waals surface area contributed by atoms with Crippen LogP contribution < -0.4 is 10.1 Å². The zero-order valence-corrected chi connectivity index (χ0v) is 19.1.